The van der Waals surface area contributed by atoms with E-state index in [4.69, 9.17) is 15.6 Å². The number of carbonyl (C=O) groups excluding carboxylic acids is 1. The highest BCUT2D eigenvalue weighted by atomic mass is 16.5. The highest BCUT2D eigenvalue weighted by molar-refractivity contribution is 5.88. The molecule has 4 N–H and O–H groups in total. The van der Waals surface area contributed by atoms with E-state index in [1.807, 2.05) is 30.3 Å². The van der Waals surface area contributed by atoms with Gasteiger partial charge >= 0.3 is 6.09 Å². The second kappa shape index (κ2) is 8.26. The van der Waals surface area contributed by atoms with Gasteiger partial charge in [0.1, 0.15) is 5.54 Å². The van der Waals surface area contributed by atoms with Gasteiger partial charge in [-0.15, -0.1) is 0 Å². The van der Waals surface area contributed by atoms with Crippen molar-refractivity contribution >= 4 is 12.0 Å². The van der Waals surface area contributed by atoms with Gasteiger partial charge in [0.25, 0.3) is 0 Å². The number of hydrogen-bond donors (Lipinski definition) is 3. The molecular formula is C15H22N2O4. The molecule has 1 rings (SSSR count). The average Bonchev–Trinajstić information content (AvgIpc) is 2.45. The Balaban J connectivity index is 2.70. The lowest BCUT2D eigenvalue weighted by atomic mass is 9.87. The predicted octanol–water partition coefficient (Wildman–Crippen LogP) is 1.54. The molecule has 0 saturated carbocycles. The zero-order valence-electron chi connectivity index (χ0n) is 12.2. The molecule has 116 valence electrons. The van der Waals surface area contributed by atoms with Gasteiger partial charge in [-0.3, -0.25) is 4.79 Å². The van der Waals surface area contributed by atoms with Crippen LogP contribution < -0.4 is 11.1 Å². The monoisotopic (exact) mass is 294 g/mol. The van der Waals surface area contributed by atoms with Crippen LogP contribution in [-0.2, 0) is 16.0 Å². The van der Waals surface area contributed by atoms with Gasteiger partial charge in [-0.25, -0.2) is 4.79 Å². The van der Waals surface area contributed by atoms with Crippen LogP contribution in [0.1, 0.15) is 24.8 Å². The molecule has 1 aromatic carbocycles. The molecule has 0 aliphatic carbocycles. The molecule has 0 aliphatic heterocycles. The van der Waals surface area contributed by atoms with Crippen LogP contribution in [0.3, 0.4) is 0 Å². The summed E-state index contributed by atoms with van der Waals surface area (Å²) < 4.78 is 4.95. The Kier molecular flexibility index (Phi) is 6.68. The fraction of sp³-hybridized carbons (Fsp3) is 0.467. The molecule has 1 atom stereocenters. The SMILES string of the molecule is COCCC(CCCc1ccccc1)(NC(=O)O)C(N)=O. The van der Waals surface area contributed by atoms with E-state index in [-0.39, 0.29) is 13.0 Å². The van der Waals surface area contributed by atoms with Crippen molar-refractivity contribution < 1.29 is 19.4 Å². The Morgan fingerprint density at radius 3 is 2.48 bits per heavy atom. The summed E-state index contributed by atoms with van der Waals surface area (Å²) in [6.45, 7) is 0.258. The zero-order chi connectivity index (χ0) is 15.7. The predicted molar refractivity (Wildman–Crippen MR) is 79.0 cm³/mol. The molecule has 0 fully saturated rings. The van der Waals surface area contributed by atoms with E-state index in [2.05, 4.69) is 5.32 Å². The maximum Gasteiger partial charge on any atom is 0.405 e. The Bertz CT molecular complexity index is 464. The van der Waals surface area contributed by atoms with E-state index in [1.54, 1.807) is 0 Å². The highest BCUT2D eigenvalue weighted by Gasteiger charge is 2.37. The molecule has 0 aliphatic rings. The lowest BCUT2D eigenvalue weighted by Crippen LogP contribution is -2.57. The van der Waals surface area contributed by atoms with Crippen molar-refractivity contribution in [2.45, 2.75) is 31.2 Å². The van der Waals surface area contributed by atoms with E-state index < -0.39 is 17.5 Å². The number of hydrogen-bond acceptors (Lipinski definition) is 3. The molecule has 6 nitrogen and oxygen atoms in total. The van der Waals surface area contributed by atoms with Crippen molar-refractivity contribution in [1.82, 2.24) is 5.32 Å². The zero-order valence-corrected chi connectivity index (χ0v) is 12.2. The first kappa shape index (κ1) is 17.0. The van der Waals surface area contributed by atoms with E-state index in [0.29, 0.717) is 12.8 Å². The van der Waals surface area contributed by atoms with E-state index in [9.17, 15) is 9.59 Å². The minimum Gasteiger partial charge on any atom is -0.465 e. The van der Waals surface area contributed by atoms with Crippen LogP contribution >= 0.6 is 0 Å². The van der Waals surface area contributed by atoms with Gasteiger partial charge in [-0.1, -0.05) is 30.3 Å². The second-order valence-corrected chi connectivity index (χ2v) is 4.96. The molecule has 1 aromatic rings. The normalized spacial score (nSPS) is 13.4. The molecule has 0 radical (unpaired) electrons. The summed E-state index contributed by atoms with van der Waals surface area (Å²) in [6.07, 6.45) is 0.707. The summed E-state index contributed by atoms with van der Waals surface area (Å²) in [5.74, 6) is -0.671. The molecule has 0 spiro atoms. The van der Waals surface area contributed by atoms with E-state index in [0.717, 1.165) is 12.0 Å². The number of carboxylic acid groups (broad SMARTS) is 1. The third kappa shape index (κ3) is 5.43. The van der Waals surface area contributed by atoms with Gasteiger partial charge in [0.05, 0.1) is 0 Å². The number of ether oxygens (including phenoxy) is 1. The van der Waals surface area contributed by atoms with Gasteiger partial charge in [-0.05, 0) is 24.8 Å². The van der Waals surface area contributed by atoms with Crippen molar-refractivity contribution in [2.75, 3.05) is 13.7 Å². The summed E-state index contributed by atoms with van der Waals surface area (Å²) in [4.78, 5) is 22.7. The number of nitrogens with one attached hydrogen (secondary N) is 1. The van der Waals surface area contributed by atoms with Crippen LogP contribution in [0.2, 0.25) is 0 Å². The fourth-order valence-electron chi connectivity index (χ4n) is 2.28. The molecule has 0 saturated heterocycles. The average molecular weight is 294 g/mol. The van der Waals surface area contributed by atoms with E-state index in [1.165, 1.54) is 7.11 Å². The maximum atomic E-state index is 11.7. The standard InChI is InChI=1S/C15H22N2O4/c1-21-11-10-15(13(16)18,17-14(19)20)9-5-8-12-6-3-2-4-7-12/h2-4,6-7,17H,5,8-11H2,1H3,(H2,16,18)(H,19,20). The molecule has 0 bridgehead atoms. The smallest absolute Gasteiger partial charge is 0.405 e. The molecule has 21 heavy (non-hydrogen) atoms. The summed E-state index contributed by atoms with van der Waals surface area (Å²) in [5, 5.41) is 11.2. The number of methoxy groups -OCH3 is 1. The second-order valence-electron chi connectivity index (χ2n) is 4.96. The van der Waals surface area contributed by atoms with Crippen LogP contribution in [0.5, 0.6) is 0 Å². The Labute approximate surface area is 124 Å². The third-order valence-corrected chi connectivity index (χ3v) is 3.46. The first-order valence-electron chi connectivity index (χ1n) is 6.84. The summed E-state index contributed by atoms with van der Waals surface area (Å²) in [7, 11) is 1.50. The van der Waals surface area contributed by atoms with Crippen LogP contribution in [0, 0.1) is 0 Å². The molecule has 2 amide bonds. The topological polar surface area (TPSA) is 102 Å². The van der Waals surface area contributed by atoms with Crippen LogP contribution in [0.25, 0.3) is 0 Å². The van der Waals surface area contributed by atoms with Crippen molar-refractivity contribution in [3.05, 3.63) is 35.9 Å². The molecular weight excluding hydrogens is 272 g/mol. The van der Waals surface area contributed by atoms with Crippen molar-refractivity contribution in [3.63, 3.8) is 0 Å². The number of primary amides is 1. The van der Waals surface area contributed by atoms with Crippen LogP contribution in [0.15, 0.2) is 30.3 Å². The Morgan fingerprint density at radius 1 is 1.29 bits per heavy atom. The van der Waals surface area contributed by atoms with Crippen molar-refractivity contribution in [1.29, 1.82) is 0 Å². The van der Waals surface area contributed by atoms with Gasteiger partial charge in [0.2, 0.25) is 5.91 Å². The quantitative estimate of drug-likeness (QED) is 0.643. The largest absolute Gasteiger partial charge is 0.465 e. The maximum absolute atomic E-state index is 11.7. The first-order chi connectivity index (χ1) is 10.00. The van der Waals surface area contributed by atoms with E-state index >= 15 is 0 Å². The van der Waals surface area contributed by atoms with Crippen molar-refractivity contribution in [2.24, 2.45) is 5.73 Å². The third-order valence-electron chi connectivity index (χ3n) is 3.46. The number of aryl methyl sites for hydroxylation is 1. The van der Waals surface area contributed by atoms with Gasteiger partial charge in [0.15, 0.2) is 0 Å². The molecule has 6 heteroatoms. The minimum atomic E-state index is -1.28. The fourth-order valence-corrected chi connectivity index (χ4v) is 2.28. The molecule has 0 heterocycles. The van der Waals surface area contributed by atoms with Gasteiger partial charge in [0, 0.05) is 20.1 Å². The van der Waals surface area contributed by atoms with Crippen LogP contribution in [0.4, 0.5) is 4.79 Å². The molecule has 1 unspecified atom stereocenters. The number of nitrogens with two attached hydrogens (primary N) is 1. The minimum absolute atomic E-state index is 0.222. The summed E-state index contributed by atoms with van der Waals surface area (Å²) in [5.41, 5.74) is 5.28. The van der Waals surface area contributed by atoms with Crippen LogP contribution in [-0.4, -0.2) is 36.4 Å². The lowest BCUT2D eigenvalue weighted by Gasteiger charge is -2.30. The Hall–Kier alpha value is -2.08. The summed E-state index contributed by atoms with van der Waals surface area (Å²) >= 11 is 0. The number of rotatable bonds is 9. The highest BCUT2D eigenvalue weighted by Crippen LogP contribution is 2.20. The van der Waals surface area contributed by atoms with Gasteiger partial charge < -0.3 is 20.9 Å². The van der Waals surface area contributed by atoms with Crippen molar-refractivity contribution in [3.8, 4) is 0 Å². The number of carbonyl (C=O) groups is 2. The number of amides is 2. The Morgan fingerprint density at radius 2 is 1.95 bits per heavy atom. The van der Waals surface area contributed by atoms with Gasteiger partial charge in [-0.2, -0.15) is 0 Å². The summed E-state index contributed by atoms with van der Waals surface area (Å²) in [6, 6.07) is 9.80. The first-order valence-corrected chi connectivity index (χ1v) is 6.84. The molecule has 0 aromatic heterocycles. The number of benzene rings is 1. The lowest BCUT2D eigenvalue weighted by molar-refractivity contribution is -0.125.